The van der Waals surface area contributed by atoms with Crippen molar-refractivity contribution < 1.29 is 27.1 Å². The molecule has 36 heavy (non-hydrogen) atoms. The second-order valence-electron chi connectivity index (χ2n) is 9.52. The van der Waals surface area contributed by atoms with Crippen molar-refractivity contribution in [1.82, 2.24) is 0 Å². The lowest BCUT2D eigenvalue weighted by molar-refractivity contribution is 0.0728. The van der Waals surface area contributed by atoms with Crippen molar-refractivity contribution in [2.45, 2.75) is 64.7 Å². The molecule has 0 bridgehead atoms. The van der Waals surface area contributed by atoms with Crippen LogP contribution < -0.4 is 4.74 Å². The molecule has 3 aromatic carbocycles. The number of hydrogen-bond acceptors (Lipinski definition) is 2. The maximum atomic E-state index is 15.0. The van der Waals surface area contributed by atoms with Gasteiger partial charge in [0.25, 0.3) is 0 Å². The molecule has 3 aromatic rings. The number of ether oxygens (including phenoxy) is 1. The monoisotopic (exact) mass is 498 g/mol. The molecule has 190 valence electrons. The maximum absolute atomic E-state index is 15.0. The molecule has 2 nitrogen and oxygen atoms in total. The second-order valence-corrected chi connectivity index (χ2v) is 9.52. The molecular formula is C30H30F4O2. The van der Waals surface area contributed by atoms with E-state index in [4.69, 9.17) is 4.74 Å². The molecule has 0 spiro atoms. The Kier molecular flexibility index (Phi) is 8.12. The van der Waals surface area contributed by atoms with Gasteiger partial charge in [-0.1, -0.05) is 57.0 Å². The Morgan fingerprint density at radius 1 is 0.806 bits per heavy atom. The highest BCUT2D eigenvalue weighted by Crippen LogP contribution is 2.39. The first-order valence-corrected chi connectivity index (χ1v) is 12.6. The Morgan fingerprint density at radius 2 is 1.50 bits per heavy atom. The van der Waals surface area contributed by atoms with Crippen LogP contribution in [0.1, 0.15) is 79.8 Å². The number of rotatable bonds is 7. The van der Waals surface area contributed by atoms with Gasteiger partial charge in [-0.2, -0.15) is 0 Å². The van der Waals surface area contributed by atoms with Gasteiger partial charge in [-0.3, -0.25) is 0 Å². The normalized spacial score (nSPS) is 17.7. The predicted octanol–water partition coefficient (Wildman–Crippen LogP) is 8.77. The van der Waals surface area contributed by atoms with Crippen LogP contribution in [0.15, 0.2) is 48.5 Å². The standard InChI is InChI=1S/C30H30F4O2/c1-3-5-21-12-15-25(29(34)26(21)31)30(35)36-22-13-10-20(11-14-22)24-17-16-23(27(32)28(24)33)19-8-6-18(4-2)7-9-19/h10-19H,3-9H2,1-2H3. The molecular weight excluding hydrogens is 468 g/mol. The molecule has 1 saturated carbocycles. The molecule has 1 fully saturated rings. The van der Waals surface area contributed by atoms with E-state index in [1.165, 1.54) is 36.4 Å². The van der Waals surface area contributed by atoms with Crippen molar-refractivity contribution in [3.05, 3.63) is 88.5 Å². The average molecular weight is 499 g/mol. The first kappa shape index (κ1) is 25.9. The maximum Gasteiger partial charge on any atom is 0.346 e. The molecule has 0 radical (unpaired) electrons. The summed E-state index contributed by atoms with van der Waals surface area (Å²) in [5.41, 5.74) is 0.637. The quantitative estimate of drug-likeness (QED) is 0.185. The molecule has 1 aliphatic rings. The van der Waals surface area contributed by atoms with Crippen LogP contribution in [0.2, 0.25) is 0 Å². The lowest BCUT2D eigenvalue weighted by atomic mass is 9.77. The van der Waals surface area contributed by atoms with E-state index in [0.29, 0.717) is 29.9 Å². The second kappa shape index (κ2) is 11.3. The Morgan fingerprint density at radius 3 is 2.14 bits per heavy atom. The van der Waals surface area contributed by atoms with Crippen LogP contribution in [0.3, 0.4) is 0 Å². The zero-order chi connectivity index (χ0) is 25.8. The van der Waals surface area contributed by atoms with Gasteiger partial charge in [-0.05, 0) is 78.8 Å². The number of benzene rings is 3. The van der Waals surface area contributed by atoms with Crippen molar-refractivity contribution in [2.75, 3.05) is 0 Å². The van der Waals surface area contributed by atoms with Crippen molar-refractivity contribution in [3.63, 3.8) is 0 Å². The van der Waals surface area contributed by atoms with E-state index in [2.05, 4.69) is 6.92 Å². The third-order valence-corrected chi connectivity index (χ3v) is 7.25. The van der Waals surface area contributed by atoms with E-state index in [9.17, 15) is 18.0 Å². The van der Waals surface area contributed by atoms with E-state index in [-0.39, 0.29) is 22.8 Å². The Bertz CT molecular complexity index is 1230. The van der Waals surface area contributed by atoms with Crippen LogP contribution in [-0.4, -0.2) is 5.97 Å². The molecule has 4 rings (SSSR count). The van der Waals surface area contributed by atoms with Crippen molar-refractivity contribution >= 4 is 5.97 Å². The number of esters is 1. The van der Waals surface area contributed by atoms with Crippen LogP contribution in [0, 0.1) is 29.2 Å². The predicted molar refractivity (Wildman–Crippen MR) is 132 cm³/mol. The largest absolute Gasteiger partial charge is 0.423 e. The van der Waals surface area contributed by atoms with E-state index in [1.807, 2.05) is 6.92 Å². The first-order chi connectivity index (χ1) is 17.3. The number of carbonyl (C=O) groups excluding carboxylic acids is 1. The SMILES string of the molecule is CCCc1ccc(C(=O)Oc2ccc(-c3ccc(C4CCC(CC)CC4)c(F)c3F)cc2)c(F)c1F. The summed E-state index contributed by atoms with van der Waals surface area (Å²) in [6.07, 6.45) is 5.90. The fraction of sp³-hybridized carbons (Fsp3) is 0.367. The summed E-state index contributed by atoms with van der Waals surface area (Å²) >= 11 is 0. The summed E-state index contributed by atoms with van der Waals surface area (Å²) in [5, 5.41) is 0. The summed E-state index contributed by atoms with van der Waals surface area (Å²) in [6, 6.07) is 11.6. The molecule has 0 unspecified atom stereocenters. The van der Waals surface area contributed by atoms with Gasteiger partial charge < -0.3 is 4.74 Å². The molecule has 6 heteroatoms. The molecule has 0 aliphatic heterocycles. The van der Waals surface area contributed by atoms with Crippen LogP contribution in [0.4, 0.5) is 17.6 Å². The summed E-state index contributed by atoms with van der Waals surface area (Å²) < 4.78 is 63.7. The van der Waals surface area contributed by atoms with E-state index < -0.39 is 34.8 Å². The van der Waals surface area contributed by atoms with Crippen LogP contribution in [-0.2, 0) is 6.42 Å². The summed E-state index contributed by atoms with van der Waals surface area (Å²) in [4.78, 5) is 12.4. The average Bonchev–Trinajstić information content (AvgIpc) is 2.89. The number of halogens is 4. The third-order valence-electron chi connectivity index (χ3n) is 7.25. The molecule has 0 saturated heterocycles. The van der Waals surface area contributed by atoms with Gasteiger partial charge in [0.2, 0.25) is 0 Å². The molecule has 0 amide bonds. The summed E-state index contributed by atoms with van der Waals surface area (Å²) in [7, 11) is 0. The zero-order valence-corrected chi connectivity index (χ0v) is 20.6. The van der Waals surface area contributed by atoms with Gasteiger partial charge in [0.15, 0.2) is 23.3 Å². The minimum absolute atomic E-state index is 0.0272. The van der Waals surface area contributed by atoms with Gasteiger partial charge in [0.05, 0.1) is 5.56 Å². The highest BCUT2D eigenvalue weighted by atomic mass is 19.2. The lowest BCUT2D eigenvalue weighted by Gasteiger charge is -2.28. The Balaban J connectivity index is 1.48. The van der Waals surface area contributed by atoms with Gasteiger partial charge in [0.1, 0.15) is 5.75 Å². The van der Waals surface area contributed by atoms with E-state index >= 15 is 4.39 Å². The van der Waals surface area contributed by atoms with Crippen LogP contribution in [0.5, 0.6) is 5.75 Å². The zero-order valence-electron chi connectivity index (χ0n) is 20.6. The third kappa shape index (κ3) is 5.32. The lowest BCUT2D eigenvalue weighted by Crippen LogP contribution is -2.14. The van der Waals surface area contributed by atoms with Crippen molar-refractivity contribution in [3.8, 4) is 16.9 Å². The number of aryl methyl sites for hydroxylation is 1. The van der Waals surface area contributed by atoms with Crippen molar-refractivity contribution in [1.29, 1.82) is 0 Å². The molecule has 0 N–H and O–H groups in total. The van der Waals surface area contributed by atoms with Gasteiger partial charge >= 0.3 is 5.97 Å². The molecule has 0 atom stereocenters. The van der Waals surface area contributed by atoms with Gasteiger partial charge in [-0.25, -0.2) is 22.4 Å². The van der Waals surface area contributed by atoms with Crippen LogP contribution >= 0.6 is 0 Å². The minimum atomic E-state index is -1.25. The Hall–Kier alpha value is -3.15. The smallest absolute Gasteiger partial charge is 0.346 e. The fourth-order valence-electron chi connectivity index (χ4n) is 5.06. The summed E-state index contributed by atoms with van der Waals surface area (Å²) in [5.74, 6) is -4.29. The fourth-order valence-corrected chi connectivity index (χ4v) is 5.06. The number of hydrogen-bond donors (Lipinski definition) is 0. The highest BCUT2D eigenvalue weighted by Gasteiger charge is 2.26. The number of carbonyl (C=O) groups is 1. The van der Waals surface area contributed by atoms with Crippen molar-refractivity contribution in [2.24, 2.45) is 5.92 Å². The molecule has 1 aliphatic carbocycles. The first-order valence-electron chi connectivity index (χ1n) is 12.6. The van der Waals surface area contributed by atoms with E-state index in [0.717, 1.165) is 32.1 Å². The molecule has 0 heterocycles. The Labute approximate surface area is 209 Å². The molecule has 0 aromatic heterocycles. The van der Waals surface area contributed by atoms with Gasteiger partial charge in [0, 0.05) is 5.56 Å². The topological polar surface area (TPSA) is 26.3 Å². The highest BCUT2D eigenvalue weighted by molar-refractivity contribution is 5.91. The van der Waals surface area contributed by atoms with E-state index in [1.54, 1.807) is 12.1 Å². The minimum Gasteiger partial charge on any atom is -0.423 e. The van der Waals surface area contributed by atoms with Gasteiger partial charge in [-0.15, -0.1) is 0 Å². The summed E-state index contributed by atoms with van der Waals surface area (Å²) in [6.45, 7) is 4.01. The van der Waals surface area contributed by atoms with Crippen LogP contribution in [0.25, 0.3) is 11.1 Å².